The lowest BCUT2D eigenvalue weighted by atomic mass is 10.0. The third-order valence-electron chi connectivity index (χ3n) is 3.21. The molecule has 1 amide bonds. The van der Waals surface area contributed by atoms with Crippen molar-refractivity contribution in [3.8, 4) is 0 Å². The predicted octanol–water partition coefficient (Wildman–Crippen LogP) is 0.731. The van der Waals surface area contributed by atoms with E-state index in [1.54, 1.807) is 0 Å². The summed E-state index contributed by atoms with van der Waals surface area (Å²) in [5, 5.41) is 0. The van der Waals surface area contributed by atoms with Gasteiger partial charge in [-0.25, -0.2) is 0 Å². The number of hydrogen-bond donors (Lipinski definition) is 1. The number of hydrogen-bond acceptors (Lipinski definition) is 3. The van der Waals surface area contributed by atoms with Gasteiger partial charge in [-0.05, 0) is 19.8 Å². The fourth-order valence-electron chi connectivity index (χ4n) is 2.04. The molecule has 0 aromatic rings. The minimum absolute atomic E-state index is 0.0697. The molecule has 2 atom stereocenters. The van der Waals surface area contributed by atoms with Crippen LogP contribution in [0.5, 0.6) is 0 Å². The molecule has 0 aromatic carbocycles. The maximum Gasteiger partial charge on any atom is 0.225 e. The third-order valence-corrected chi connectivity index (χ3v) is 4.48. The summed E-state index contributed by atoms with van der Waals surface area (Å²) in [4.78, 5) is 13.9. The first-order chi connectivity index (χ1) is 8.00. The highest BCUT2D eigenvalue weighted by molar-refractivity contribution is 7.85. The molecule has 0 radical (unpaired) electrons. The minimum atomic E-state index is -0.713. The van der Waals surface area contributed by atoms with Crippen molar-refractivity contribution in [2.45, 2.75) is 39.2 Å². The SMILES string of the molecule is CC(N)CCCC(C)C(=O)N1CCS(=O)CC1. The molecule has 0 spiro atoms. The zero-order valence-electron chi connectivity index (χ0n) is 10.9. The van der Waals surface area contributed by atoms with Gasteiger partial charge in [0.2, 0.25) is 5.91 Å². The Morgan fingerprint density at radius 1 is 1.29 bits per heavy atom. The standard InChI is InChI=1S/C12H24N2O2S/c1-10(4-3-5-11(2)13)12(15)14-6-8-17(16)9-7-14/h10-11H,3-9,13H2,1-2H3. The second-order valence-electron chi connectivity index (χ2n) is 4.98. The van der Waals surface area contributed by atoms with Crippen LogP contribution in [0.3, 0.4) is 0 Å². The summed E-state index contributed by atoms with van der Waals surface area (Å²) < 4.78 is 11.2. The van der Waals surface area contributed by atoms with E-state index in [0.717, 1.165) is 19.3 Å². The third kappa shape index (κ3) is 5.17. The van der Waals surface area contributed by atoms with Crippen LogP contribution in [-0.4, -0.2) is 45.7 Å². The van der Waals surface area contributed by atoms with E-state index in [1.165, 1.54) is 0 Å². The van der Waals surface area contributed by atoms with Gasteiger partial charge in [0.1, 0.15) is 0 Å². The van der Waals surface area contributed by atoms with Crippen molar-refractivity contribution < 1.29 is 9.00 Å². The maximum atomic E-state index is 12.1. The van der Waals surface area contributed by atoms with Crippen LogP contribution in [0.1, 0.15) is 33.1 Å². The van der Waals surface area contributed by atoms with Crippen molar-refractivity contribution >= 4 is 16.7 Å². The Morgan fingerprint density at radius 2 is 1.88 bits per heavy atom. The number of rotatable bonds is 5. The fraction of sp³-hybridized carbons (Fsp3) is 0.917. The monoisotopic (exact) mass is 260 g/mol. The van der Waals surface area contributed by atoms with Crippen molar-refractivity contribution in [2.24, 2.45) is 11.7 Å². The average molecular weight is 260 g/mol. The smallest absolute Gasteiger partial charge is 0.225 e. The summed E-state index contributed by atoms with van der Waals surface area (Å²) in [6, 6.07) is 0.217. The molecule has 1 aliphatic heterocycles. The summed E-state index contributed by atoms with van der Waals surface area (Å²) in [7, 11) is -0.713. The highest BCUT2D eigenvalue weighted by Gasteiger charge is 2.23. The van der Waals surface area contributed by atoms with Crippen LogP contribution in [0.2, 0.25) is 0 Å². The van der Waals surface area contributed by atoms with E-state index in [-0.39, 0.29) is 17.9 Å². The topological polar surface area (TPSA) is 63.4 Å². The summed E-state index contributed by atoms with van der Waals surface area (Å²) >= 11 is 0. The van der Waals surface area contributed by atoms with Gasteiger partial charge in [0, 0.05) is 47.4 Å². The van der Waals surface area contributed by atoms with Gasteiger partial charge in [-0.1, -0.05) is 13.3 Å². The van der Waals surface area contributed by atoms with E-state index >= 15 is 0 Å². The lowest BCUT2D eigenvalue weighted by Gasteiger charge is -2.29. The van der Waals surface area contributed by atoms with Crippen molar-refractivity contribution in [1.82, 2.24) is 4.90 Å². The lowest BCUT2D eigenvalue weighted by molar-refractivity contribution is -0.134. The zero-order valence-corrected chi connectivity index (χ0v) is 11.7. The number of nitrogens with zero attached hydrogens (tertiary/aromatic N) is 1. The van der Waals surface area contributed by atoms with E-state index in [0.29, 0.717) is 24.6 Å². The molecule has 5 heteroatoms. The lowest BCUT2D eigenvalue weighted by Crippen LogP contribution is -2.44. The molecule has 0 saturated carbocycles. The van der Waals surface area contributed by atoms with E-state index in [4.69, 9.17) is 5.73 Å². The Labute approximate surface area is 106 Å². The van der Waals surface area contributed by atoms with Gasteiger partial charge in [0.25, 0.3) is 0 Å². The first-order valence-electron chi connectivity index (χ1n) is 6.40. The van der Waals surface area contributed by atoms with Gasteiger partial charge < -0.3 is 10.6 Å². The molecule has 1 saturated heterocycles. The molecule has 1 rings (SSSR count). The fourth-order valence-corrected chi connectivity index (χ4v) is 3.09. The van der Waals surface area contributed by atoms with Crippen LogP contribution < -0.4 is 5.73 Å². The molecule has 1 fully saturated rings. The van der Waals surface area contributed by atoms with Gasteiger partial charge in [-0.2, -0.15) is 0 Å². The second kappa shape index (κ2) is 7.11. The first-order valence-corrected chi connectivity index (χ1v) is 7.89. The molecular formula is C12H24N2O2S. The van der Waals surface area contributed by atoms with Crippen molar-refractivity contribution in [1.29, 1.82) is 0 Å². The van der Waals surface area contributed by atoms with E-state index in [2.05, 4.69) is 0 Å². The van der Waals surface area contributed by atoms with E-state index < -0.39 is 10.8 Å². The van der Waals surface area contributed by atoms with Crippen LogP contribution >= 0.6 is 0 Å². The normalized spacial score (nSPS) is 21.2. The molecule has 1 heterocycles. The molecule has 0 aromatic heterocycles. The molecule has 2 unspecified atom stereocenters. The van der Waals surface area contributed by atoms with Crippen LogP contribution in [0.25, 0.3) is 0 Å². The second-order valence-corrected chi connectivity index (χ2v) is 6.68. The summed E-state index contributed by atoms with van der Waals surface area (Å²) in [6.45, 7) is 5.29. The molecule has 100 valence electrons. The summed E-state index contributed by atoms with van der Waals surface area (Å²) in [5.41, 5.74) is 5.68. The maximum absolute atomic E-state index is 12.1. The summed E-state index contributed by atoms with van der Waals surface area (Å²) in [6.07, 6.45) is 2.88. The number of carbonyl (C=O) groups is 1. The molecule has 4 nitrogen and oxygen atoms in total. The Bertz CT molecular complexity index is 272. The highest BCUT2D eigenvalue weighted by Crippen LogP contribution is 2.13. The number of nitrogens with two attached hydrogens (primary N) is 1. The molecule has 0 aliphatic carbocycles. The Morgan fingerprint density at radius 3 is 2.41 bits per heavy atom. The van der Waals surface area contributed by atoms with Gasteiger partial charge in [0.05, 0.1) is 0 Å². The molecule has 2 N–H and O–H groups in total. The number of amides is 1. The average Bonchev–Trinajstić information content (AvgIpc) is 2.28. The Kier molecular flexibility index (Phi) is 6.12. The first kappa shape index (κ1) is 14.6. The minimum Gasteiger partial charge on any atom is -0.341 e. The van der Waals surface area contributed by atoms with Crippen molar-refractivity contribution in [2.75, 3.05) is 24.6 Å². The van der Waals surface area contributed by atoms with E-state index in [1.807, 2.05) is 18.7 Å². The van der Waals surface area contributed by atoms with Gasteiger partial charge in [0.15, 0.2) is 0 Å². The zero-order chi connectivity index (χ0) is 12.8. The summed E-state index contributed by atoms with van der Waals surface area (Å²) in [5.74, 6) is 1.56. The van der Waals surface area contributed by atoms with E-state index in [9.17, 15) is 9.00 Å². The Hall–Kier alpha value is -0.420. The van der Waals surface area contributed by atoms with Crippen molar-refractivity contribution in [3.05, 3.63) is 0 Å². The van der Waals surface area contributed by atoms with Crippen molar-refractivity contribution in [3.63, 3.8) is 0 Å². The molecule has 0 bridgehead atoms. The largest absolute Gasteiger partial charge is 0.341 e. The van der Waals surface area contributed by atoms with Crippen LogP contribution in [-0.2, 0) is 15.6 Å². The van der Waals surface area contributed by atoms with Gasteiger partial charge in [-0.3, -0.25) is 9.00 Å². The molecular weight excluding hydrogens is 236 g/mol. The quantitative estimate of drug-likeness (QED) is 0.792. The van der Waals surface area contributed by atoms with Crippen LogP contribution in [0, 0.1) is 5.92 Å². The Balaban J connectivity index is 2.28. The van der Waals surface area contributed by atoms with Crippen LogP contribution in [0.4, 0.5) is 0 Å². The van der Waals surface area contributed by atoms with Gasteiger partial charge >= 0.3 is 0 Å². The highest BCUT2D eigenvalue weighted by atomic mass is 32.2. The number of carbonyl (C=O) groups excluding carboxylic acids is 1. The molecule has 1 aliphatic rings. The molecule has 17 heavy (non-hydrogen) atoms. The predicted molar refractivity (Wildman–Crippen MR) is 71.1 cm³/mol. The van der Waals surface area contributed by atoms with Gasteiger partial charge in [-0.15, -0.1) is 0 Å². The van der Waals surface area contributed by atoms with Crippen LogP contribution in [0.15, 0.2) is 0 Å².